The van der Waals surface area contributed by atoms with Crippen molar-refractivity contribution in [1.82, 2.24) is 10.2 Å². The molecule has 4 heteroatoms. The zero-order valence-electron chi connectivity index (χ0n) is 13.5. The molecule has 20 heavy (non-hydrogen) atoms. The van der Waals surface area contributed by atoms with Gasteiger partial charge in [0.25, 0.3) is 0 Å². The van der Waals surface area contributed by atoms with Crippen molar-refractivity contribution in [3.8, 4) is 0 Å². The number of likely N-dealkylation sites (N-methyl/N-ethyl adjacent to an activating group) is 1. The summed E-state index contributed by atoms with van der Waals surface area (Å²) in [6.07, 6.45) is 4.90. The summed E-state index contributed by atoms with van der Waals surface area (Å²) in [4.78, 5) is 2.50. The maximum Gasteiger partial charge on any atom is 0.0713 e. The van der Waals surface area contributed by atoms with Gasteiger partial charge in [0.05, 0.1) is 5.60 Å². The molecule has 2 atom stereocenters. The van der Waals surface area contributed by atoms with Gasteiger partial charge in [0.1, 0.15) is 0 Å². The number of nitrogens with one attached hydrogen (secondary N) is 1. The van der Waals surface area contributed by atoms with E-state index in [0.717, 1.165) is 26.2 Å². The quantitative estimate of drug-likeness (QED) is 0.815. The van der Waals surface area contributed by atoms with Crippen LogP contribution in [0.4, 0.5) is 0 Å². The van der Waals surface area contributed by atoms with E-state index in [0.29, 0.717) is 12.1 Å². The summed E-state index contributed by atoms with van der Waals surface area (Å²) in [5, 5.41) is 3.86. The second-order valence-electron chi connectivity index (χ2n) is 6.39. The zero-order valence-corrected chi connectivity index (χ0v) is 14.3. The summed E-state index contributed by atoms with van der Waals surface area (Å²) in [7, 11) is 0. The third-order valence-corrected chi connectivity index (χ3v) is 5.83. The second-order valence-corrected chi connectivity index (χ2v) is 7.61. The average Bonchev–Trinajstić information content (AvgIpc) is 2.45. The van der Waals surface area contributed by atoms with Crippen molar-refractivity contribution >= 4 is 11.8 Å². The first-order valence-electron chi connectivity index (χ1n) is 8.37. The van der Waals surface area contributed by atoms with Crippen LogP contribution in [0.3, 0.4) is 0 Å². The van der Waals surface area contributed by atoms with Crippen LogP contribution in [0.25, 0.3) is 0 Å². The molecule has 2 heterocycles. The van der Waals surface area contributed by atoms with Gasteiger partial charge in [-0.05, 0) is 57.2 Å². The number of thioether (sulfide) groups is 1. The molecule has 2 saturated heterocycles. The molecule has 0 amide bonds. The molecule has 3 nitrogen and oxygen atoms in total. The van der Waals surface area contributed by atoms with Crippen molar-refractivity contribution < 1.29 is 4.74 Å². The van der Waals surface area contributed by atoms with Gasteiger partial charge in [-0.3, -0.25) is 0 Å². The number of ether oxygens (including phenoxy) is 1. The zero-order chi connectivity index (χ0) is 14.4. The van der Waals surface area contributed by atoms with Crippen LogP contribution in [0.15, 0.2) is 0 Å². The first-order chi connectivity index (χ1) is 9.67. The number of nitrogens with zero attached hydrogens (tertiary/aromatic N) is 1. The summed E-state index contributed by atoms with van der Waals surface area (Å²) < 4.78 is 6.18. The van der Waals surface area contributed by atoms with Crippen LogP contribution in [-0.4, -0.2) is 60.3 Å². The van der Waals surface area contributed by atoms with E-state index in [1.807, 2.05) is 0 Å². The van der Waals surface area contributed by atoms with Crippen LogP contribution < -0.4 is 5.32 Å². The molecule has 1 spiro atoms. The average molecular weight is 301 g/mol. The van der Waals surface area contributed by atoms with Gasteiger partial charge in [0.2, 0.25) is 0 Å². The molecule has 2 aliphatic heterocycles. The normalized spacial score (nSPS) is 27.9. The van der Waals surface area contributed by atoms with Gasteiger partial charge in [-0.25, -0.2) is 0 Å². The SMILES string of the molecule is CCN(CC)CC(C)NC1CCOC2(CCSCC2)C1. The van der Waals surface area contributed by atoms with E-state index < -0.39 is 0 Å². The second kappa shape index (κ2) is 8.02. The summed E-state index contributed by atoms with van der Waals surface area (Å²) in [6, 6.07) is 1.23. The Balaban J connectivity index is 1.80. The molecule has 1 N–H and O–H groups in total. The third kappa shape index (κ3) is 4.62. The maximum atomic E-state index is 6.18. The topological polar surface area (TPSA) is 24.5 Å². The standard InChI is InChI=1S/C16H32N2OS/c1-4-18(5-2)13-14(3)17-15-6-9-19-16(12-15)7-10-20-11-8-16/h14-15,17H,4-13H2,1-3H3. The van der Waals surface area contributed by atoms with E-state index >= 15 is 0 Å². The highest BCUT2D eigenvalue weighted by molar-refractivity contribution is 7.99. The van der Waals surface area contributed by atoms with Crippen LogP contribution in [0.2, 0.25) is 0 Å². The van der Waals surface area contributed by atoms with Crippen LogP contribution in [0, 0.1) is 0 Å². The van der Waals surface area contributed by atoms with Gasteiger partial charge in [-0.1, -0.05) is 13.8 Å². The Morgan fingerprint density at radius 2 is 2.00 bits per heavy atom. The lowest BCUT2D eigenvalue weighted by Gasteiger charge is -2.44. The lowest BCUT2D eigenvalue weighted by Crippen LogP contribution is -2.52. The largest absolute Gasteiger partial charge is 0.375 e. The summed E-state index contributed by atoms with van der Waals surface area (Å²) >= 11 is 2.08. The fourth-order valence-electron chi connectivity index (χ4n) is 3.59. The van der Waals surface area contributed by atoms with Crippen molar-refractivity contribution in [3.05, 3.63) is 0 Å². The Hall–Kier alpha value is 0.230. The molecule has 0 aliphatic carbocycles. The van der Waals surface area contributed by atoms with Crippen LogP contribution in [0.1, 0.15) is 46.5 Å². The van der Waals surface area contributed by atoms with E-state index in [4.69, 9.17) is 4.74 Å². The monoisotopic (exact) mass is 300 g/mol. The molecule has 2 aliphatic rings. The smallest absolute Gasteiger partial charge is 0.0713 e. The Labute approximate surface area is 129 Å². The predicted octanol–water partition coefficient (Wildman–Crippen LogP) is 2.75. The minimum Gasteiger partial charge on any atom is -0.375 e. The van der Waals surface area contributed by atoms with Crippen molar-refractivity contribution in [2.45, 2.75) is 64.1 Å². The summed E-state index contributed by atoms with van der Waals surface area (Å²) in [5.41, 5.74) is 0.204. The molecular formula is C16H32N2OS. The van der Waals surface area contributed by atoms with E-state index in [1.54, 1.807) is 0 Å². The molecule has 118 valence electrons. The lowest BCUT2D eigenvalue weighted by atomic mass is 9.85. The lowest BCUT2D eigenvalue weighted by molar-refractivity contribution is -0.0942. The highest BCUT2D eigenvalue weighted by Gasteiger charge is 2.38. The number of rotatable bonds is 6. The van der Waals surface area contributed by atoms with E-state index in [-0.39, 0.29) is 5.60 Å². The Morgan fingerprint density at radius 1 is 1.30 bits per heavy atom. The molecule has 0 radical (unpaired) electrons. The van der Waals surface area contributed by atoms with Crippen LogP contribution in [-0.2, 0) is 4.74 Å². The highest BCUT2D eigenvalue weighted by Crippen LogP contribution is 2.37. The van der Waals surface area contributed by atoms with Gasteiger partial charge in [-0.15, -0.1) is 0 Å². The van der Waals surface area contributed by atoms with Gasteiger partial charge < -0.3 is 15.0 Å². The molecule has 0 bridgehead atoms. The molecule has 0 aromatic rings. The highest BCUT2D eigenvalue weighted by atomic mass is 32.2. The number of hydrogen-bond acceptors (Lipinski definition) is 4. The first-order valence-corrected chi connectivity index (χ1v) is 9.53. The Morgan fingerprint density at radius 3 is 2.65 bits per heavy atom. The van der Waals surface area contributed by atoms with Gasteiger partial charge >= 0.3 is 0 Å². The summed E-state index contributed by atoms with van der Waals surface area (Å²) in [6.45, 7) is 11.2. The molecule has 2 fully saturated rings. The van der Waals surface area contributed by atoms with Gasteiger partial charge in [-0.2, -0.15) is 11.8 Å². The van der Waals surface area contributed by atoms with Gasteiger partial charge in [0.15, 0.2) is 0 Å². The van der Waals surface area contributed by atoms with Crippen molar-refractivity contribution in [2.24, 2.45) is 0 Å². The molecule has 0 saturated carbocycles. The molecule has 0 aromatic carbocycles. The molecule has 2 unspecified atom stereocenters. The predicted molar refractivity (Wildman–Crippen MR) is 88.6 cm³/mol. The molecular weight excluding hydrogens is 268 g/mol. The van der Waals surface area contributed by atoms with E-state index in [9.17, 15) is 0 Å². The van der Waals surface area contributed by atoms with Gasteiger partial charge in [0, 0.05) is 25.2 Å². The van der Waals surface area contributed by atoms with Crippen molar-refractivity contribution in [2.75, 3.05) is 37.7 Å². The number of hydrogen-bond donors (Lipinski definition) is 1. The molecule has 0 aromatic heterocycles. The summed E-state index contributed by atoms with van der Waals surface area (Å²) in [5.74, 6) is 2.56. The van der Waals surface area contributed by atoms with Crippen molar-refractivity contribution in [3.63, 3.8) is 0 Å². The maximum absolute atomic E-state index is 6.18. The first kappa shape index (κ1) is 16.6. The molecule has 2 rings (SSSR count). The van der Waals surface area contributed by atoms with Crippen LogP contribution >= 0.6 is 11.8 Å². The third-order valence-electron chi connectivity index (χ3n) is 4.84. The fraction of sp³-hybridized carbons (Fsp3) is 1.00. The Kier molecular flexibility index (Phi) is 6.66. The van der Waals surface area contributed by atoms with E-state index in [1.165, 1.54) is 37.2 Å². The van der Waals surface area contributed by atoms with Crippen molar-refractivity contribution in [1.29, 1.82) is 0 Å². The minimum atomic E-state index is 0.204. The van der Waals surface area contributed by atoms with Crippen LogP contribution in [0.5, 0.6) is 0 Å². The van der Waals surface area contributed by atoms with E-state index in [2.05, 4.69) is 42.7 Å². The Bertz CT molecular complexity index is 272. The fourth-order valence-corrected chi connectivity index (χ4v) is 4.82. The minimum absolute atomic E-state index is 0.204.